The largest absolute Gasteiger partial charge is 0.438 e. The van der Waals surface area contributed by atoms with E-state index in [4.69, 9.17) is 9.52 Å². The van der Waals surface area contributed by atoms with E-state index < -0.39 is 0 Å². The van der Waals surface area contributed by atoms with Gasteiger partial charge in [-0.25, -0.2) is 4.98 Å². The Morgan fingerprint density at radius 3 is 2.67 bits per heavy atom. The summed E-state index contributed by atoms with van der Waals surface area (Å²) in [5.74, 6) is -0.102. The van der Waals surface area contributed by atoms with Gasteiger partial charge in [-0.3, -0.25) is 4.79 Å². The Kier molecular flexibility index (Phi) is 3.74. The van der Waals surface area contributed by atoms with Crippen LogP contribution in [0.3, 0.4) is 0 Å². The molecule has 1 aromatic carbocycles. The molecule has 18 heavy (non-hydrogen) atoms. The van der Waals surface area contributed by atoms with Crippen LogP contribution in [-0.2, 0) is 6.42 Å². The van der Waals surface area contributed by atoms with Crippen LogP contribution in [0.15, 0.2) is 35.1 Å². The fraction of sp³-hybridized carbons (Fsp3) is 0.231. The van der Waals surface area contributed by atoms with Crippen LogP contribution < -0.4 is 5.32 Å². The normalized spacial score (nSPS) is 10.3. The molecule has 0 bridgehead atoms. The van der Waals surface area contributed by atoms with Crippen molar-refractivity contribution in [2.45, 2.75) is 13.3 Å². The number of aliphatic hydroxyl groups excluding tert-OH is 1. The highest BCUT2D eigenvalue weighted by Gasteiger charge is 2.13. The average Bonchev–Trinajstić information content (AvgIpc) is 2.78. The van der Waals surface area contributed by atoms with E-state index in [9.17, 15) is 4.79 Å². The van der Waals surface area contributed by atoms with E-state index in [1.165, 1.54) is 6.39 Å². The molecule has 0 saturated carbocycles. The summed E-state index contributed by atoms with van der Waals surface area (Å²) in [5.41, 5.74) is 2.26. The lowest BCUT2D eigenvalue weighted by molar-refractivity contribution is 0.0996. The van der Waals surface area contributed by atoms with Gasteiger partial charge in [0.2, 0.25) is 5.76 Å². The molecule has 0 fully saturated rings. The quantitative estimate of drug-likeness (QED) is 0.862. The van der Waals surface area contributed by atoms with Gasteiger partial charge in [0.05, 0.1) is 5.69 Å². The highest BCUT2D eigenvalue weighted by molar-refractivity contribution is 6.02. The van der Waals surface area contributed by atoms with Gasteiger partial charge in [0.15, 0.2) is 6.39 Å². The van der Waals surface area contributed by atoms with Crippen molar-refractivity contribution in [3.8, 4) is 0 Å². The van der Waals surface area contributed by atoms with E-state index in [1.807, 2.05) is 12.1 Å². The van der Waals surface area contributed by atoms with Crippen molar-refractivity contribution >= 4 is 11.6 Å². The van der Waals surface area contributed by atoms with Crippen LogP contribution in [0.4, 0.5) is 5.69 Å². The lowest BCUT2D eigenvalue weighted by Gasteiger charge is -2.04. The number of hydrogen-bond acceptors (Lipinski definition) is 4. The van der Waals surface area contributed by atoms with Crippen LogP contribution in [0.5, 0.6) is 0 Å². The van der Waals surface area contributed by atoms with Crippen LogP contribution in [0.2, 0.25) is 0 Å². The average molecular weight is 246 g/mol. The van der Waals surface area contributed by atoms with E-state index in [2.05, 4.69) is 10.3 Å². The van der Waals surface area contributed by atoms with E-state index >= 15 is 0 Å². The van der Waals surface area contributed by atoms with Gasteiger partial charge in [0, 0.05) is 12.3 Å². The summed E-state index contributed by atoms with van der Waals surface area (Å²) in [6.45, 7) is 1.83. The number of nitrogens with one attached hydrogen (secondary N) is 1. The smallest absolute Gasteiger partial charge is 0.293 e. The topological polar surface area (TPSA) is 75.4 Å². The third kappa shape index (κ3) is 2.75. The zero-order chi connectivity index (χ0) is 13.0. The molecule has 94 valence electrons. The molecule has 2 N–H and O–H groups in total. The zero-order valence-electron chi connectivity index (χ0n) is 10.0. The minimum atomic E-state index is -0.320. The number of amides is 1. The first-order chi connectivity index (χ1) is 8.70. The highest BCUT2D eigenvalue weighted by atomic mass is 16.3. The Bertz CT molecular complexity index is 531. The molecule has 0 radical (unpaired) electrons. The molecule has 0 spiro atoms. The van der Waals surface area contributed by atoms with Gasteiger partial charge in [-0.15, -0.1) is 0 Å². The molecule has 2 aromatic rings. The fourth-order valence-corrected chi connectivity index (χ4v) is 1.59. The molecule has 1 amide bonds. The fourth-order valence-electron chi connectivity index (χ4n) is 1.59. The van der Waals surface area contributed by atoms with Crippen LogP contribution in [0.25, 0.3) is 0 Å². The monoisotopic (exact) mass is 246 g/mol. The standard InChI is InChI=1S/C13H14N2O3/c1-9-12(18-8-14-9)13(17)15-11-4-2-10(3-5-11)6-7-16/h2-5,8,16H,6-7H2,1H3,(H,15,17). The first kappa shape index (κ1) is 12.3. The van der Waals surface area contributed by atoms with Gasteiger partial charge in [0.1, 0.15) is 0 Å². The maximum atomic E-state index is 11.8. The Hall–Kier alpha value is -2.14. The SMILES string of the molecule is Cc1ncoc1C(=O)Nc1ccc(CCO)cc1. The Balaban J connectivity index is 2.05. The molecule has 0 unspecified atom stereocenters. The van der Waals surface area contributed by atoms with Gasteiger partial charge < -0.3 is 14.8 Å². The summed E-state index contributed by atoms with van der Waals surface area (Å²) >= 11 is 0. The highest BCUT2D eigenvalue weighted by Crippen LogP contribution is 2.13. The van der Waals surface area contributed by atoms with Crippen molar-refractivity contribution in [2.75, 3.05) is 11.9 Å². The Morgan fingerprint density at radius 1 is 1.39 bits per heavy atom. The maximum absolute atomic E-state index is 11.8. The first-order valence-electron chi connectivity index (χ1n) is 5.62. The number of oxazole rings is 1. The van der Waals surface area contributed by atoms with Crippen molar-refractivity contribution in [3.05, 3.63) is 47.7 Å². The predicted octanol–water partition coefficient (Wildman–Crippen LogP) is 1.77. The molecule has 0 atom stereocenters. The summed E-state index contributed by atoms with van der Waals surface area (Å²) < 4.78 is 5.00. The van der Waals surface area contributed by atoms with Crippen molar-refractivity contribution < 1.29 is 14.3 Å². The molecule has 1 aromatic heterocycles. The number of carbonyl (C=O) groups is 1. The van der Waals surface area contributed by atoms with E-state index in [1.54, 1.807) is 19.1 Å². The van der Waals surface area contributed by atoms with E-state index in [0.29, 0.717) is 17.8 Å². The zero-order valence-corrected chi connectivity index (χ0v) is 10.0. The first-order valence-corrected chi connectivity index (χ1v) is 5.62. The summed E-state index contributed by atoms with van der Waals surface area (Å²) in [6.07, 6.45) is 1.85. The van der Waals surface area contributed by atoms with E-state index in [-0.39, 0.29) is 18.3 Å². The summed E-state index contributed by atoms with van der Waals surface area (Å²) in [5, 5.41) is 11.5. The number of rotatable bonds is 4. The van der Waals surface area contributed by atoms with Crippen LogP contribution in [0, 0.1) is 6.92 Å². The van der Waals surface area contributed by atoms with Crippen molar-refractivity contribution in [1.82, 2.24) is 4.98 Å². The molecule has 5 nitrogen and oxygen atoms in total. The molecule has 0 aliphatic heterocycles. The van der Waals surface area contributed by atoms with E-state index in [0.717, 1.165) is 5.56 Å². The number of nitrogens with zero attached hydrogens (tertiary/aromatic N) is 1. The number of aromatic nitrogens is 1. The number of aliphatic hydroxyl groups is 1. The van der Waals surface area contributed by atoms with Gasteiger partial charge in [0.25, 0.3) is 5.91 Å². The second-order valence-electron chi connectivity index (χ2n) is 3.89. The second kappa shape index (κ2) is 5.46. The lowest BCUT2D eigenvalue weighted by Crippen LogP contribution is -2.12. The number of anilines is 1. The molecular weight excluding hydrogens is 232 g/mol. The van der Waals surface area contributed by atoms with Crippen LogP contribution >= 0.6 is 0 Å². The van der Waals surface area contributed by atoms with Crippen molar-refractivity contribution in [2.24, 2.45) is 0 Å². The van der Waals surface area contributed by atoms with Crippen LogP contribution in [-0.4, -0.2) is 22.6 Å². The predicted molar refractivity (Wildman–Crippen MR) is 66.4 cm³/mol. The summed E-state index contributed by atoms with van der Waals surface area (Å²) in [7, 11) is 0. The number of aryl methyl sites for hydroxylation is 1. The molecule has 0 aliphatic carbocycles. The van der Waals surface area contributed by atoms with Gasteiger partial charge in [-0.05, 0) is 31.0 Å². The van der Waals surface area contributed by atoms with Gasteiger partial charge in [-0.2, -0.15) is 0 Å². The minimum Gasteiger partial charge on any atom is -0.438 e. The molecule has 2 rings (SSSR count). The summed E-state index contributed by atoms with van der Waals surface area (Å²) in [6, 6.07) is 7.29. The second-order valence-corrected chi connectivity index (χ2v) is 3.89. The number of benzene rings is 1. The van der Waals surface area contributed by atoms with Crippen LogP contribution in [0.1, 0.15) is 21.8 Å². The Labute approximate surface area is 104 Å². The minimum absolute atomic E-state index is 0.114. The summed E-state index contributed by atoms with van der Waals surface area (Å²) in [4.78, 5) is 15.7. The molecule has 0 saturated heterocycles. The van der Waals surface area contributed by atoms with Crippen molar-refractivity contribution in [1.29, 1.82) is 0 Å². The lowest BCUT2D eigenvalue weighted by atomic mass is 10.1. The third-order valence-corrected chi connectivity index (χ3v) is 2.56. The number of hydrogen-bond donors (Lipinski definition) is 2. The molecule has 5 heteroatoms. The number of carbonyl (C=O) groups excluding carboxylic acids is 1. The maximum Gasteiger partial charge on any atom is 0.293 e. The third-order valence-electron chi connectivity index (χ3n) is 2.56. The Morgan fingerprint density at radius 2 is 2.11 bits per heavy atom. The van der Waals surface area contributed by atoms with Gasteiger partial charge >= 0.3 is 0 Å². The molecule has 0 aliphatic rings. The molecular formula is C13H14N2O3. The van der Waals surface area contributed by atoms with Gasteiger partial charge in [-0.1, -0.05) is 12.1 Å². The van der Waals surface area contributed by atoms with Crippen molar-refractivity contribution in [3.63, 3.8) is 0 Å². The molecule has 1 heterocycles.